The third-order valence-electron chi connectivity index (χ3n) is 5.25. The van der Waals surface area contributed by atoms with Gasteiger partial charge in [0.1, 0.15) is 0 Å². The lowest BCUT2D eigenvalue weighted by Gasteiger charge is -2.07. The summed E-state index contributed by atoms with van der Waals surface area (Å²) in [5, 5.41) is 0. The first kappa shape index (κ1) is 28.8. The molecule has 4 nitrogen and oxygen atoms in total. The van der Waals surface area contributed by atoms with E-state index >= 15 is 0 Å². The molecule has 0 N–H and O–H groups in total. The fourth-order valence-corrected chi connectivity index (χ4v) is 4.01. The van der Waals surface area contributed by atoms with Crippen LogP contribution in [0.2, 0.25) is 0 Å². The van der Waals surface area contributed by atoms with Crippen molar-refractivity contribution in [3.05, 3.63) is 93.6 Å². The standard InChI is InChI=1S/C15H18N2.C14H16N2.C3H8/c1-5-13-6-10(2)7-14(9-13)15-16-11(3)8-12(4)17-15;1-9-5-10(2)7-13(6-9)14-15-11(3)8-12(4)16-14;1-3-2/h6-9H,5H2,1-4H3;5-8H,1-4H3;3H2,1-2H3. The zero-order valence-electron chi connectivity index (χ0n) is 23.8. The van der Waals surface area contributed by atoms with E-state index in [4.69, 9.17) is 0 Å². The average molecular weight is 483 g/mol. The van der Waals surface area contributed by atoms with Crippen LogP contribution in [0.25, 0.3) is 22.8 Å². The lowest BCUT2D eigenvalue weighted by molar-refractivity contribution is 1.06. The molecule has 4 heteroatoms. The van der Waals surface area contributed by atoms with Gasteiger partial charge in [0.15, 0.2) is 11.6 Å². The Morgan fingerprint density at radius 3 is 1.14 bits per heavy atom. The zero-order chi connectivity index (χ0) is 26.8. The molecular weight excluding hydrogens is 440 g/mol. The third kappa shape index (κ3) is 8.99. The Morgan fingerprint density at radius 2 is 0.778 bits per heavy atom. The van der Waals surface area contributed by atoms with Gasteiger partial charge in [0, 0.05) is 33.9 Å². The summed E-state index contributed by atoms with van der Waals surface area (Å²) in [6.45, 7) is 20.7. The topological polar surface area (TPSA) is 51.6 Å². The van der Waals surface area contributed by atoms with Gasteiger partial charge in [0.25, 0.3) is 0 Å². The second-order valence-electron chi connectivity index (χ2n) is 9.59. The van der Waals surface area contributed by atoms with Crippen LogP contribution >= 0.6 is 0 Å². The van der Waals surface area contributed by atoms with Gasteiger partial charge in [-0.25, -0.2) is 19.9 Å². The molecule has 190 valence electrons. The van der Waals surface area contributed by atoms with Crippen LogP contribution in [0.4, 0.5) is 0 Å². The van der Waals surface area contributed by atoms with Crippen molar-refractivity contribution in [2.45, 2.75) is 82.1 Å². The molecular formula is C32H42N4. The number of nitrogens with zero attached hydrogens (tertiary/aromatic N) is 4. The molecule has 0 spiro atoms. The number of hydrogen-bond donors (Lipinski definition) is 0. The van der Waals surface area contributed by atoms with Crippen molar-refractivity contribution in [3.8, 4) is 22.8 Å². The van der Waals surface area contributed by atoms with Gasteiger partial charge in [-0.3, -0.25) is 0 Å². The molecule has 0 fully saturated rings. The van der Waals surface area contributed by atoms with Crippen LogP contribution in [-0.4, -0.2) is 19.9 Å². The summed E-state index contributed by atoms with van der Waals surface area (Å²) in [6, 6.07) is 16.9. The Kier molecular flexibility index (Phi) is 10.9. The number of rotatable bonds is 3. The van der Waals surface area contributed by atoms with E-state index in [9.17, 15) is 0 Å². The maximum atomic E-state index is 4.51. The number of hydrogen-bond acceptors (Lipinski definition) is 4. The van der Waals surface area contributed by atoms with Gasteiger partial charge in [-0.05, 0) is 96.8 Å². The van der Waals surface area contributed by atoms with Crippen LogP contribution in [0, 0.1) is 48.5 Å². The Morgan fingerprint density at radius 1 is 0.444 bits per heavy atom. The molecule has 2 aromatic heterocycles. The SMILES string of the molecule is CCC.CCc1cc(C)cc(-c2nc(C)cc(C)n2)c1.Cc1cc(C)cc(-c2nc(C)cc(C)n2)c1. The van der Waals surface area contributed by atoms with Gasteiger partial charge in [-0.2, -0.15) is 0 Å². The minimum atomic E-state index is 0.823. The monoisotopic (exact) mass is 482 g/mol. The van der Waals surface area contributed by atoms with E-state index in [0.29, 0.717) is 0 Å². The molecule has 4 aromatic rings. The van der Waals surface area contributed by atoms with Crippen molar-refractivity contribution >= 4 is 0 Å². The van der Waals surface area contributed by atoms with E-state index in [1.165, 1.54) is 28.7 Å². The predicted octanol–water partition coefficient (Wildman–Crippen LogP) is 8.42. The van der Waals surface area contributed by atoms with Gasteiger partial charge >= 0.3 is 0 Å². The Hall–Kier alpha value is -3.40. The normalized spacial score (nSPS) is 10.2. The number of benzene rings is 2. The molecule has 0 aliphatic heterocycles. The molecule has 0 amide bonds. The van der Waals surface area contributed by atoms with Gasteiger partial charge in [-0.1, -0.05) is 56.0 Å². The van der Waals surface area contributed by atoms with Crippen LogP contribution in [0.3, 0.4) is 0 Å². The smallest absolute Gasteiger partial charge is 0.159 e. The van der Waals surface area contributed by atoms with E-state index in [1.807, 2.05) is 39.8 Å². The number of aromatic nitrogens is 4. The van der Waals surface area contributed by atoms with Crippen molar-refractivity contribution in [1.82, 2.24) is 19.9 Å². The van der Waals surface area contributed by atoms with E-state index in [0.717, 1.165) is 52.0 Å². The molecule has 2 aromatic carbocycles. The lowest BCUT2D eigenvalue weighted by atomic mass is 10.0. The molecule has 36 heavy (non-hydrogen) atoms. The van der Waals surface area contributed by atoms with Crippen molar-refractivity contribution in [2.75, 3.05) is 0 Å². The Balaban J connectivity index is 0.000000229. The lowest BCUT2D eigenvalue weighted by Crippen LogP contribution is -1.95. The Labute approximate surface area is 218 Å². The first-order valence-electron chi connectivity index (χ1n) is 12.9. The molecule has 0 bridgehead atoms. The summed E-state index contributed by atoms with van der Waals surface area (Å²) in [5.41, 5.74) is 11.4. The van der Waals surface area contributed by atoms with Crippen molar-refractivity contribution in [2.24, 2.45) is 0 Å². The summed E-state index contributed by atoms with van der Waals surface area (Å²) in [6.07, 6.45) is 2.29. The highest BCUT2D eigenvalue weighted by atomic mass is 14.9. The minimum absolute atomic E-state index is 0.823. The first-order valence-corrected chi connectivity index (χ1v) is 12.9. The number of aryl methyl sites for hydroxylation is 8. The molecule has 0 aliphatic carbocycles. The van der Waals surface area contributed by atoms with Crippen LogP contribution in [0.1, 0.15) is 72.2 Å². The van der Waals surface area contributed by atoms with Crippen molar-refractivity contribution in [3.63, 3.8) is 0 Å². The molecule has 4 rings (SSSR count). The molecule has 0 radical (unpaired) electrons. The van der Waals surface area contributed by atoms with Crippen LogP contribution < -0.4 is 0 Å². The van der Waals surface area contributed by atoms with Gasteiger partial charge < -0.3 is 0 Å². The quantitative estimate of drug-likeness (QED) is 0.294. The Bertz CT molecular complexity index is 1180. The molecule has 0 aliphatic rings. The second-order valence-corrected chi connectivity index (χ2v) is 9.59. The van der Waals surface area contributed by atoms with Gasteiger partial charge in [-0.15, -0.1) is 0 Å². The van der Waals surface area contributed by atoms with Crippen molar-refractivity contribution < 1.29 is 0 Å². The maximum Gasteiger partial charge on any atom is 0.159 e. The van der Waals surface area contributed by atoms with Crippen molar-refractivity contribution in [1.29, 1.82) is 0 Å². The van der Waals surface area contributed by atoms with Gasteiger partial charge in [0.2, 0.25) is 0 Å². The average Bonchev–Trinajstić information content (AvgIpc) is 2.78. The summed E-state index contributed by atoms with van der Waals surface area (Å²) in [4.78, 5) is 18.0. The minimum Gasteiger partial charge on any atom is -0.233 e. The molecule has 2 heterocycles. The van der Waals surface area contributed by atoms with Gasteiger partial charge in [0.05, 0.1) is 0 Å². The largest absolute Gasteiger partial charge is 0.233 e. The molecule has 0 atom stereocenters. The summed E-state index contributed by atoms with van der Waals surface area (Å²) < 4.78 is 0. The molecule has 0 unspecified atom stereocenters. The zero-order valence-corrected chi connectivity index (χ0v) is 23.8. The summed E-state index contributed by atoms with van der Waals surface area (Å²) in [5.74, 6) is 1.66. The molecule has 0 saturated carbocycles. The highest BCUT2D eigenvalue weighted by Gasteiger charge is 2.06. The third-order valence-corrected chi connectivity index (χ3v) is 5.25. The fraction of sp³-hybridized carbons (Fsp3) is 0.375. The summed E-state index contributed by atoms with van der Waals surface area (Å²) in [7, 11) is 0. The van der Waals surface area contributed by atoms with E-state index in [1.54, 1.807) is 0 Å². The van der Waals surface area contributed by atoms with Crippen LogP contribution in [0.5, 0.6) is 0 Å². The second kappa shape index (κ2) is 13.6. The highest BCUT2D eigenvalue weighted by Crippen LogP contribution is 2.21. The van der Waals surface area contributed by atoms with E-state index < -0.39 is 0 Å². The highest BCUT2D eigenvalue weighted by molar-refractivity contribution is 5.58. The van der Waals surface area contributed by atoms with E-state index in [-0.39, 0.29) is 0 Å². The first-order chi connectivity index (χ1) is 17.0. The predicted molar refractivity (Wildman–Crippen MR) is 153 cm³/mol. The van der Waals surface area contributed by atoms with Crippen LogP contribution in [0.15, 0.2) is 48.5 Å². The maximum absolute atomic E-state index is 4.51. The van der Waals surface area contributed by atoms with E-state index in [2.05, 4.69) is 97.9 Å². The fourth-order valence-electron chi connectivity index (χ4n) is 4.01. The van der Waals surface area contributed by atoms with Crippen LogP contribution in [-0.2, 0) is 6.42 Å². The molecule has 0 saturated heterocycles. The summed E-state index contributed by atoms with van der Waals surface area (Å²) >= 11 is 0.